The second-order valence-electron chi connectivity index (χ2n) is 8.24. The van der Waals surface area contributed by atoms with Crippen LogP contribution in [-0.4, -0.2) is 70.1 Å². The number of amides is 2. The molecule has 1 atom stereocenters. The molecular formula is C23H33N3O5. The monoisotopic (exact) mass is 431 g/mol. The average molecular weight is 432 g/mol. The van der Waals surface area contributed by atoms with Crippen molar-refractivity contribution in [1.29, 1.82) is 0 Å². The summed E-state index contributed by atoms with van der Waals surface area (Å²) in [6, 6.07) is 5.18. The van der Waals surface area contributed by atoms with Crippen LogP contribution in [0.1, 0.15) is 32.3 Å². The van der Waals surface area contributed by atoms with Crippen molar-refractivity contribution < 1.29 is 23.9 Å². The van der Waals surface area contributed by atoms with Crippen molar-refractivity contribution in [3.05, 3.63) is 29.8 Å². The normalized spacial score (nSPS) is 13.5. The van der Waals surface area contributed by atoms with Crippen LogP contribution in [0.15, 0.2) is 24.3 Å². The van der Waals surface area contributed by atoms with Gasteiger partial charge in [-0.15, -0.1) is 0 Å². The second kappa shape index (κ2) is 10.8. The molecular weight excluding hydrogens is 398 g/mol. The zero-order chi connectivity index (χ0) is 23.1. The van der Waals surface area contributed by atoms with Crippen molar-refractivity contribution in [2.45, 2.75) is 32.7 Å². The fourth-order valence-electron chi connectivity index (χ4n) is 3.39. The summed E-state index contributed by atoms with van der Waals surface area (Å²) in [4.78, 5) is 40.4. The summed E-state index contributed by atoms with van der Waals surface area (Å²) in [5.41, 5.74) is 2.75. The molecule has 8 heteroatoms. The van der Waals surface area contributed by atoms with Crippen LogP contribution >= 0.6 is 0 Å². The maximum Gasteiger partial charge on any atom is 0.328 e. The Bertz CT molecular complexity index is 848. The highest BCUT2D eigenvalue weighted by Gasteiger charge is 2.28. The molecule has 1 N–H and O–H groups in total. The van der Waals surface area contributed by atoms with E-state index in [-0.39, 0.29) is 30.7 Å². The summed E-state index contributed by atoms with van der Waals surface area (Å²) < 4.78 is 10.5. The van der Waals surface area contributed by atoms with E-state index in [2.05, 4.69) is 5.32 Å². The van der Waals surface area contributed by atoms with E-state index in [1.54, 1.807) is 7.05 Å². The Hall–Kier alpha value is -3.03. The maximum atomic E-state index is 12.5. The van der Waals surface area contributed by atoms with E-state index in [0.717, 1.165) is 22.6 Å². The molecule has 1 heterocycles. The first kappa shape index (κ1) is 24.2. The quantitative estimate of drug-likeness (QED) is 0.603. The number of carbonyl (C=O) groups excluding carboxylic acids is 3. The van der Waals surface area contributed by atoms with E-state index >= 15 is 0 Å². The molecule has 8 nitrogen and oxygen atoms in total. The Labute approximate surface area is 184 Å². The summed E-state index contributed by atoms with van der Waals surface area (Å²) in [5, 5.41) is 2.66. The number of nitrogens with zero attached hydrogens (tertiary/aromatic N) is 2. The number of anilines is 1. The third-order valence-electron chi connectivity index (χ3n) is 5.21. The first-order valence-electron chi connectivity index (χ1n) is 10.4. The van der Waals surface area contributed by atoms with Crippen molar-refractivity contribution in [2.24, 2.45) is 5.92 Å². The van der Waals surface area contributed by atoms with Gasteiger partial charge < -0.3 is 24.6 Å². The third kappa shape index (κ3) is 6.47. The summed E-state index contributed by atoms with van der Waals surface area (Å²) in [5.74, 6) is -0.126. The molecule has 1 aliphatic heterocycles. The Balaban J connectivity index is 1.97. The summed E-state index contributed by atoms with van der Waals surface area (Å²) in [6.45, 7) is 4.15. The summed E-state index contributed by atoms with van der Waals surface area (Å²) in [7, 11) is 6.76. The van der Waals surface area contributed by atoms with Crippen LogP contribution in [0.2, 0.25) is 0 Å². The molecule has 31 heavy (non-hydrogen) atoms. The molecule has 0 radical (unpaired) electrons. The van der Waals surface area contributed by atoms with Gasteiger partial charge >= 0.3 is 5.97 Å². The molecule has 0 bridgehead atoms. The van der Waals surface area contributed by atoms with E-state index in [9.17, 15) is 14.4 Å². The van der Waals surface area contributed by atoms with Gasteiger partial charge in [0.05, 0.1) is 20.1 Å². The molecule has 0 unspecified atom stereocenters. The fraction of sp³-hybridized carbons (Fsp3) is 0.522. The predicted octanol–water partition coefficient (Wildman–Crippen LogP) is 2.08. The highest BCUT2D eigenvalue weighted by molar-refractivity contribution is 5.93. The number of hydrogen-bond donors (Lipinski definition) is 1. The number of rotatable bonds is 9. The highest BCUT2D eigenvalue weighted by Crippen LogP contribution is 2.34. The van der Waals surface area contributed by atoms with Gasteiger partial charge in [-0.1, -0.05) is 13.8 Å². The molecule has 0 aromatic heterocycles. The van der Waals surface area contributed by atoms with E-state index in [0.29, 0.717) is 13.0 Å². The molecule has 1 aromatic rings. The van der Waals surface area contributed by atoms with E-state index in [4.69, 9.17) is 9.47 Å². The molecule has 2 amide bonds. The molecule has 1 aliphatic rings. The van der Waals surface area contributed by atoms with Crippen molar-refractivity contribution >= 4 is 29.0 Å². The van der Waals surface area contributed by atoms with Gasteiger partial charge in [-0.25, -0.2) is 4.79 Å². The van der Waals surface area contributed by atoms with Gasteiger partial charge in [0.25, 0.3) is 0 Å². The second-order valence-corrected chi connectivity index (χ2v) is 8.24. The summed E-state index contributed by atoms with van der Waals surface area (Å²) >= 11 is 0. The van der Waals surface area contributed by atoms with Crippen LogP contribution in [0.4, 0.5) is 5.69 Å². The number of methoxy groups -OCH3 is 1. The number of ether oxygens (including phenoxy) is 2. The number of esters is 1. The number of benzene rings is 1. The average Bonchev–Trinajstić information content (AvgIpc) is 2.74. The predicted molar refractivity (Wildman–Crippen MR) is 120 cm³/mol. The van der Waals surface area contributed by atoms with Gasteiger partial charge in [-0.3, -0.25) is 9.59 Å². The van der Waals surface area contributed by atoms with Gasteiger partial charge in [0.1, 0.15) is 18.4 Å². The number of nitrogens with one attached hydrogen (secondary N) is 1. The van der Waals surface area contributed by atoms with Crippen molar-refractivity contribution in [2.75, 3.05) is 46.3 Å². The van der Waals surface area contributed by atoms with E-state index in [1.807, 2.05) is 57.1 Å². The Morgan fingerprint density at radius 2 is 1.90 bits per heavy atom. The SMILES string of the molecule is COC(=O)[C@@H](CC(C)C)N(C)C(=O)CNC(=O)CC1=CCOc2cc(N(C)C)ccc21. The third-order valence-corrected chi connectivity index (χ3v) is 5.21. The molecule has 170 valence electrons. The lowest BCUT2D eigenvalue weighted by atomic mass is 9.98. The van der Waals surface area contributed by atoms with Crippen LogP contribution in [0.3, 0.4) is 0 Å². The van der Waals surface area contributed by atoms with Crippen molar-refractivity contribution in [3.63, 3.8) is 0 Å². The van der Waals surface area contributed by atoms with E-state index in [1.165, 1.54) is 12.0 Å². The van der Waals surface area contributed by atoms with Crippen molar-refractivity contribution in [3.8, 4) is 5.75 Å². The molecule has 0 fully saturated rings. The zero-order valence-electron chi connectivity index (χ0n) is 19.2. The van der Waals surface area contributed by atoms with Gasteiger partial charge in [0, 0.05) is 38.5 Å². The number of fused-ring (bicyclic) bond motifs is 1. The van der Waals surface area contributed by atoms with Crippen LogP contribution in [-0.2, 0) is 19.1 Å². The molecule has 0 saturated carbocycles. The lowest BCUT2D eigenvalue weighted by molar-refractivity contribution is -0.152. The standard InChI is InChI=1S/C23H33N3O5/c1-15(2)11-19(23(29)30-6)26(5)22(28)14-24-21(27)12-16-9-10-31-20-13-17(25(3)4)7-8-18(16)20/h7-9,13,15,19H,10-12,14H2,1-6H3,(H,24,27)/t19-/m1/s1. The highest BCUT2D eigenvalue weighted by atomic mass is 16.5. The molecule has 0 aliphatic carbocycles. The number of carbonyl (C=O) groups is 3. The maximum absolute atomic E-state index is 12.5. The minimum atomic E-state index is -0.676. The molecule has 0 saturated heterocycles. The van der Waals surface area contributed by atoms with Crippen LogP contribution < -0.4 is 15.0 Å². The van der Waals surface area contributed by atoms with Gasteiger partial charge in [0.15, 0.2) is 0 Å². The minimum Gasteiger partial charge on any atom is -0.489 e. The Kier molecular flexibility index (Phi) is 8.47. The Morgan fingerprint density at radius 1 is 1.19 bits per heavy atom. The summed E-state index contributed by atoms with van der Waals surface area (Å²) in [6.07, 6.45) is 2.50. The zero-order valence-corrected chi connectivity index (χ0v) is 19.2. The molecule has 2 rings (SSSR count). The van der Waals surface area contributed by atoms with E-state index < -0.39 is 12.0 Å². The first-order chi connectivity index (χ1) is 14.6. The molecule has 0 spiro atoms. The fourth-order valence-corrected chi connectivity index (χ4v) is 3.39. The molecule has 1 aromatic carbocycles. The smallest absolute Gasteiger partial charge is 0.328 e. The first-order valence-corrected chi connectivity index (χ1v) is 10.4. The van der Waals surface area contributed by atoms with Crippen LogP contribution in [0, 0.1) is 5.92 Å². The lowest BCUT2D eigenvalue weighted by Gasteiger charge is -2.27. The Morgan fingerprint density at radius 3 is 2.52 bits per heavy atom. The van der Waals surface area contributed by atoms with Gasteiger partial charge in [0.2, 0.25) is 11.8 Å². The largest absolute Gasteiger partial charge is 0.489 e. The minimum absolute atomic E-state index is 0.140. The topological polar surface area (TPSA) is 88.2 Å². The van der Waals surface area contributed by atoms with Crippen LogP contribution in [0.5, 0.6) is 5.75 Å². The lowest BCUT2D eigenvalue weighted by Crippen LogP contribution is -2.47. The van der Waals surface area contributed by atoms with Gasteiger partial charge in [-0.2, -0.15) is 0 Å². The van der Waals surface area contributed by atoms with Crippen LogP contribution in [0.25, 0.3) is 5.57 Å². The van der Waals surface area contributed by atoms with Gasteiger partial charge in [-0.05, 0) is 36.1 Å². The number of likely N-dealkylation sites (N-methyl/N-ethyl adjacent to an activating group) is 1. The number of hydrogen-bond acceptors (Lipinski definition) is 6. The van der Waals surface area contributed by atoms with Crippen molar-refractivity contribution in [1.82, 2.24) is 10.2 Å².